The van der Waals surface area contributed by atoms with Crippen molar-refractivity contribution in [2.75, 3.05) is 5.75 Å². The van der Waals surface area contributed by atoms with Crippen LogP contribution < -0.4 is 4.74 Å². The molecule has 2 rings (SSSR count). The van der Waals surface area contributed by atoms with E-state index in [0.29, 0.717) is 16.9 Å². The Balaban J connectivity index is 1.91. The fraction of sp³-hybridized carbons (Fsp3) is 0.222. The SMILES string of the molecule is CC(=O)Oc1ccccc1C(=O)SCC(C)SC(=O)c1cccnc1. The standard InChI is InChI=1S/C18H17NO4S2/c1-12(25-17(21)14-6-5-9-19-10-14)11-24-18(22)15-7-3-4-8-16(15)23-13(2)20/h3-10,12H,11H2,1-2H3. The van der Waals surface area contributed by atoms with Crippen molar-refractivity contribution in [3.05, 3.63) is 59.9 Å². The molecule has 0 radical (unpaired) electrons. The van der Waals surface area contributed by atoms with Crippen molar-refractivity contribution in [3.63, 3.8) is 0 Å². The van der Waals surface area contributed by atoms with E-state index in [9.17, 15) is 14.4 Å². The van der Waals surface area contributed by atoms with Gasteiger partial charge in [-0.1, -0.05) is 42.6 Å². The van der Waals surface area contributed by atoms with Crippen molar-refractivity contribution >= 4 is 39.7 Å². The third kappa shape index (κ3) is 6.03. The monoisotopic (exact) mass is 375 g/mol. The average Bonchev–Trinajstić information content (AvgIpc) is 2.60. The number of hydrogen-bond acceptors (Lipinski definition) is 7. The van der Waals surface area contributed by atoms with Gasteiger partial charge in [-0.15, -0.1) is 0 Å². The van der Waals surface area contributed by atoms with Crippen LogP contribution in [0.5, 0.6) is 5.75 Å². The van der Waals surface area contributed by atoms with Crippen molar-refractivity contribution in [1.82, 2.24) is 4.98 Å². The first-order valence-corrected chi connectivity index (χ1v) is 9.39. The molecule has 0 saturated carbocycles. The van der Waals surface area contributed by atoms with E-state index in [0.717, 1.165) is 11.8 Å². The summed E-state index contributed by atoms with van der Waals surface area (Å²) < 4.78 is 5.06. The van der Waals surface area contributed by atoms with E-state index in [4.69, 9.17) is 4.74 Å². The van der Waals surface area contributed by atoms with Crippen LogP contribution in [0, 0.1) is 0 Å². The molecular weight excluding hydrogens is 358 g/mol. The maximum absolute atomic E-state index is 12.4. The number of hydrogen-bond donors (Lipinski definition) is 0. The molecule has 1 aromatic carbocycles. The van der Waals surface area contributed by atoms with Crippen LogP contribution in [0.2, 0.25) is 0 Å². The number of aromatic nitrogens is 1. The van der Waals surface area contributed by atoms with Crippen molar-refractivity contribution in [1.29, 1.82) is 0 Å². The largest absolute Gasteiger partial charge is 0.426 e. The zero-order valence-electron chi connectivity index (χ0n) is 13.8. The highest BCUT2D eigenvalue weighted by Gasteiger charge is 2.17. The highest BCUT2D eigenvalue weighted by atomic mass is 32.2. The molecule has 0 aliphatic carbocycles. The summed E-state index contributed by atoms with van der Waals surface area (Å²) >= 11 is 2.26. The third-order valence-electron chi connectivity index (χ3n) is 3.02. The number of esters is 1. The number of para-hydroxylation sites is 1. The second kappa shape index (κ2) is 9.39. The van der Waals surface area contributed by atoms with E-state index in [1.54, 1.807) is 42.6 Å². The number of carbonyl (C=O) groups excluding carboxylic acids is 3. The van der Waals surface area contributed by atoms with Gasteiger partial charge in [-0.3, -0.25) is 19.4 Å². The van der Waals surface area contributed by atoms with Crippen molar-refractivity contribution in [3.8, 4) is 5.75 Å². The third-order valence-corrected chi connectivity index (χ3v) is 5.39. The number of benzene rings is 1. The Bertz CT molecular complexity index is 765. The molecule has 1 unspecified atom stereocenters. The van der Waals surface area contributed by atoms with Crippen LogP contribution >= 0.6 is 23.5 Å². The minimum absolute atomic E-state index is 0.0532. The molecule has 2 aromatic rings. The average molecular weight is 375 g/mol. The summed E-state index contributed by atoms with van der Waals surface area (Å²) in [6.07, 6.45) is 3.13. The van der Waals surface area contributed by atoms with Crippen LogP contribution in [0.25, 0.3) is 0 Å². The normalized spacial score (nSPS) is 11.6. The van der Waals surface area contributed by atoms with Crippen molar-refractivity contribution < 1.29 is 19.1 Å². The van der Waals surface area contributed by atoms with Gasteiger partial charge < -0.3 is 4.74 Å². The van der Waals surface area contributed by atoms with E-state index >= 15 is 0 Å². The molecular formula is C18H17NO4S2. The molecule has 0 aliphatic heterocycles. The van der Waals surface area contributed by atoms with Gasteiger partial charge in [-0.05, 0) is 24.3 Å². The Morgan fingerprint density at radius 1 is 1.12 bits per heavy atom. The van der Waals surface area contributed by atoms with Crippen LogP contribution in [0.4, 0.5) is 0 Å². The number of ether oxygens (including phenoxy) is 1. The predicted octanol–water partition coefficient (Wildman–Crippen LogP) is 3.84. The molecule has 0 amide bonds. The first-order valence-electron chi connectivity index (χ1n) is 7.53. The molecule has 7 heteroatoms. The van der Waals surface area contributed by atoms with Crippen LogP contribution in [-0.2, 0) is 4.79 Å². The number of nitrogens with zero attached hydrogens (tertiary/aromatic N) is 1. The van der Waals surface area contributed by atoms with Gasteiger partial charge in [0.2, 0.25) is 10.2 Å². The molecule has 25 heavy (non-hydrogen) atoms. The molecule has 1 atom stereocenters. The minimum Gasteiger partial charge on any atom is -0.426 e. The van der Waals surface area contributed by atoms with Crippen LogP contribution in [0.1, 0.15) is 34.6 Å². The molecule has 0 saturated heterocycles. The Labute approximate surface area is 154 Å². The Morgan fingerprint density at radius 3 is 2.56 bits per heavy atom. The van der Waals surface area contributed by atoms with E-state index in [2.05, 4.69) is 4.98 Å². The van der Waals surface area contributed by atoms with Gasteiger partial charge in [-0.25, -0.2) is 0 Å². The summed E-state index contributed by atoms with van der Waals surface area (Å²) in [4.78, 5) is 39.5. The van der Waals surface area contributed by atoms with Crippen LogP contribution in [0.3, 0.4) is 0 Å². The molecule has 0 N–H and O–H groups in total. The number of rotatable bonds is 6. The quantitative estimate of drug-likeness (QED) is 0.561. The lowest BCUT2D eigenvalue weighted by molar-refractivity contribution is -0.131. The lowest BCUT2D eigenvalue weighted by atomic mass is 10.2. The van der Waals surface area contributed by atoms with Gasteiger partial charge in [-0.2, -0.15) is 0 Å². The zero-order valence-corrected chi connectivity index (χ0v) is 15.4. The highest BCUT2D eigenvalue weighted by Crippen LogP contribution is 2.26. The van der Waals surface area contributed by atoms with E-state index in [-0.39, 0.29) is 21.2 Å². The predicted molar refractivity (Wildman–Crippen MR) is 100 cm³/mol. The molecule has 5 nitrogen and oxygen atoms in total. The maximum Gasteiger partial charge on any atom is 0.308 e. The summed E-state index contributed by atoms with van der Waals surface area (Å²) in [7, 11) is 0. The molecule has 0 fully saturated rings. The fourth-order valence-corrected chi connectivity index (χ4v) is 3.73. The van der Waals surface area contributed by atoms with Gasteiger partial charge in [0, 0.05) is 35.9 Å². The molecule has 0 aliphatic rings. The summed E-state index contributed by atoms with van der Waals surface area (Å²) in [5.41, 5.74) is 0.884. The van der Waals surface area contributed by atoms with Gasteiger partial charge in [0.25, 0.3) is 0 Å². The van der Waals surface area contributed by atoms with E-state index < -0.39 is 5.97 Å². The van der Waals surface area contributed by atoms with Gasteiger partial charge in [0.1, 0.15) is 5.75 Å². The lowest BCUT2D eigenvalue weighted by Crippen LogP contribution is -2.10. The Hall–Kier alpha value is -2.12. The van der Waals surface area contributed by atoms with Crippen LogP contribution in [-0.4, -0.2) is 32.2 Å². The van der Waals surface area contributed by atoms with Crippen molar-refractivity contribution in [2.24, 2.45) is 0 Å². The van der Waals surface area contributed by atoms with E-state index in [1.807, 2.05) is 6.92 Å². The number of pyridine rings is 1. The number of carbonyl (C=O) groups is 3. The minimum atomic E-state index is -0.476. The lowest BCUT2D eigenvalue weighted by Gasteiger charge is -2.11. The molecule has 130 valence electrons. The van der Waals surface area contributed by atoms with Gasteiger partial charge >= 0.3 is 5.97 Å². The van der Waals surface area contributed by atoms with E-state index in [1.165, 1.54) is 24.9 Å². The molecule has 1 heterocycles. The number of thioether (sulfide) groups is 2. The summed E-state index contributed by atoms with van der Waals surface area (Å²) in [5, 5.41) is -0.324. The topological polar surface area (TPSA) is 73.3 Å². The van der Waals surface area contributed by atoms with Crippen LogP contribution in [0.15, 0.2) is 48.8 Å². The summed E-state index contributed by atoms with van der Waals surface area (Å²) in [5.74, 6) is 0.236. The second-order valence-corrected chi connectivity index (χ2v) is 7.55. The first kappa shape index (κ1) is 19.2. The fourth-order valence-electron chi connectivity index (χ4n) is 1.92. The molecule has 0 bridgehead atoms. The Morgan fingerprint density at radius 2 is 1.88 bits per heavy atom. The zero-order chi connectivity index (χ0) is 18.2. The smallest absolute Gasteiger partial charge is 0.308 e. The highest BCUT2D eigenvalue weighted by molar-refractivity contribution is 8.17. The Kier molecular flexibility index (Phi) is 7.21. The van der Waals surface area contributed by atoms with Gasteiger partial charge in [0.15, 0.2) is 0 Å². The first-order chi connectivity index (χ1) is 12.0. The molecule has 0 spiro atoms. The molecule has 1 aromatic heterocycles. The summed E-state index contributed by atoms with van der Waals surface area (Å²) in [6.45, 7) is 3.17. The summed E-state index contributed by atoms with van der Waals surface area (Å²) in [6, 6.07) is 10.0. The second-order valence-electron chi connectivity index (χ2n) is 5.15. The van der Waals surface area contributed by atoms with Crippen molar-refractivity contribution in [2.45, 2.75) is 19.1 Å². The maximum atomic E-state index is 12.4. The van der Waals surface area contributed by atoms with Gasteiger partial charge in [0.05, 0.1) is 5.56 Å².